The van der Waals surface area contributed by atoms with Crippen molar-refractivity contribution >= 4 is 5.91 Å². The van der Waals surface area contributed by atoms with E-state index in [0.29, 0.717) is 23.4 Å². The van der Waals surface area contributed by atoms with Gasteiger partial charge in [0.1, 0.15) is 5.82 Å². The number of hydrogen-bond acceptors (Lipinski definition) is 2. The first kappa shape index (κ1) is 16.9. The maximum absolute atomic E-state index is 13.8. The smallest absolute Gasteiger partial charge is 0.254 e. The van der Waals surface area contributed by atoms with E-state index in [1.165, 1.54) is 17.7 Å². The fraction of sp³-hybridized carbons (Fsp3) is 0.435. The van der Waals surface area contributed by atoms with Crippen LogP contribution >= 0.6 is 0 Å². The Morgan fingerprint density at radius 1 is 1.04 bits per heavy atom. The van der Waals surface area contributed by atoms with Gasteiger partial charge in [0, 0.05) is 24.1 Å². The van der Waals surface area contributed by atoms with Crippen LogP contribution in [0.4, 0.5) is 4.39 Å². The molecule has 2 bridgehead atoms. The molecule has 27 heavy (non-hydrogen) atoms. The van der Waals surface area contributed by atoms with Gasteiger partial charge in [-0.05, 0) is 62.0 Å². The second-order valence-electron chi connectivity index (χ2n) is 8.29. The first-order valence-electron chi connectivity index (χ1n) is 9.99. The zero-order valence-corrected chi connectivity index (χ0v) is 15.6. The lowest BCUT2D eigenvalue weighted by molar-refractivity contribution is -0.00344. The molecule has 4 aliphatic heterocycles. The van der Waals surface area contributed by atoms with Crippen molar-refractivity contribution in [3.8, 4) is 0 Å². The highest BCUT2D eigenvalue weighted by atomic mass is 19.1. The number of piperidine rings is 3. The van der Waals surface area contributed by atoms with Crippen LogP contribution < -0.4 is 0 Å². The summed E-state index contributed by atoms with van der Waals surface area (Å²) >= 11 is 0. The van der Waals surface area contributed by atoms with Crippen molar-refractivity contribution in [1.29, 1.82) is 0 Å². The molecule has 4 heteroatoms. The van der Waals surface area contributed by atoms with E-state index < -0.39 is 0 Å². The third-order valence-corrected chi connectivity index (χ3v) is 6.91. The minimum Gasteiger partial charge on any atom is -0.333 e. The summed E-state index contributed by atoms with van der Waals surface area (Å²) in [6.45, 7) is 4.89. The maximum Gasteiger partial charge on any atom is 0.254 e. The molecule has 0 unspecified atom stereocenters. The number of hydrogen-bond donors (Lipinski definition) is 0. The second-order valence-corrected chi connectivity index (χ2v) is 8.29. The summed E-state index contributed by atoms with van der Waals surface area (Å²) in [5.41, 5.74) is 2.67. The summed E-state index contributed by atoms with van der Waals surface area (Å²) in [5.74, 6) is 0.547. The van der Waals surface area contributed by atoms with E-state index in [2.05, 4.69) is 34.1 Å². The number of aryl methyl sites for hydroxylation is 1. The van der Waals surface area contributed by atoms with Gasteiger partial charge >= 0.3 is 0 Å². The van der Waals surface area contributed by atoms with Gasteiger partial charge in [-0.2, -0.15) is 0 Å². The lowest BCUT2D eigenvalue weighted by atomic mass is 9.75. The molecule has 4 fully saturated rings. The molecule has 2 aromatic carbocycles. The minimum atomic E-state index is -0.340. The monoisotopic (exact) mass is 364 g/mol. The van der Waals surface area contributed by atoms with E-state index in [0.717, 1.165) is 38.0 Å². The number of rotatable bonds is 2. The molecule has 6 rings (SSSR count). The fourth-order valence-electron chi connectivity index (χ4n) is 5.63. The van der Waals surface area contributed by atoms with Gasteiger partial charge in [-0.15, -0.1) is 0 Å². The summed E-state index contributed by atoms with van der Waals surface area (Å²) in [4.78, 5) is 18.1. The van der Waals surface area contributed by atoms with Crippen LogP contribution in [0.25, 0.3) is 0 Å². The number of likely N-dealkylation sites (tertiary alicyclic amines) is 1. The predicted octanol–water partition coefficient (Wildman–Crippen LogP) is 3.84. The summed E-state index contributed by atoms with van der Waals surface area (Å²) < 4.78 is 13.8. The van der Waals surface area contributed by atoms with E-state index in [1.807, 2.05) is 13.0 Å². The Bertz CT molecular complexity index is 860. The Morgan fingerprint density at radius 2 is 1.78 bits per heavy atom. The number of halogens is 1. The van der Waals surface area contributed by atoms with Gasteiger partial charge < -0.3 is 4.90 Å². The number of fused-ring (bicyclic) bond motifs is 2. The molecule has 4 aliphatic rings. The van der Waals surface area contributed by atoms with Crippen molar-refractivity contribution in [3.63, 3.8) is 0 Å². The predicted molar refractivity (Wildman–Crippen MR) is 103 cm³/mol. The quantitative estimate of drug-likeness (QED) is 0.808. The van der Waals surface area contributed by atoms with Crippen LogP contribution in [0, 0.1) is 18.7 Å². The van der Waals surface area contributed by atoms with E-state index in [1.54, 1.807) is 6.07 Å². The van der Waals surface area contributed by atoms with Gasteiger partial charge in [0.05, 0.1) is 6.04 Å². The maximum atomic E-state index is 13.8. The van der Waals surface area contributed by atoms with Crippen molar-refractivity contribution in [2.24, 2.45) is 5.92 Å². The van der Waals surface area contributed by atoms with Crippen molar-refractivity contribution < 1.29 is 9.18 Å². The Hall–Kier alpha value is -2.20. The van der Waals surface area contributed by atoms with E-state index in [9.17, 15) is 9.18 Å². The molecule has 3 atom stereocenters. The van der Waals surface area contributed by atoms with Crippen molar-refractivity contribution in [2.45, 2.75) is 37.8 Å². The molecule has 0 spiro atoms. The van der Waals surface area contributed by atoms with Crippen LogP contribution in [-0.4, -0.2) is 47.4 Å². The standard InChI is InChI=1S/C23H25FN2O/c1-15-7-8-18(24)13-19(15)23(27)26-14-20(16-5-3-2-4-6-16)22-21(26)17-9-11-25(22)12-10-17/h2-8,13,17,20-22H,9-12,14H2,1H3/t20-,21-,22-/m1/s1. The number of benzene rings is 2. The number of nitrogens with zero attached hydrogens (tertiary/aromatic N) is 2. The van der Waals surface area contributed by atoms with Gasteiger partial charge in [-0.1, -0.05) is 36.4 Å². The molecule has 0 N–H and O–H groups in total. The Morgan fingerprint density at radius 3 is 2.52 bits per heavy atom. The lowest BCUT2D eigenvalue weighted by Crippen LogP contribution is -2.60. The molecule has 4 saturated heterocycles. The number of carbonyl (C=O) groups excluding carboxylic acids is 1. The molecule has 4 heterocycles. The average Bonchev–Trinajstić information content (AvgIpc) is 3.14. The summed E-state index contributed by atoms with van der Waals surface area (Å²) in [6.07, 6.45) is 2.32. The molecular weight excluding hydrogens is 339 g/mol. The highest BCUT2D eigenvalue weighted by molar-refractivity contribution is 5.96. The molecule has 0 aromatic heterocycles. The first-order chi connectivity index (χ1) is 13.1. The number of amides is 1. The summed E-state index contributed by atoms with van der Waals surface area (Å²) in [7, 11) is 0. The average molecular weight is 364 g/mol. The van der Waals surface area contributed by atoms with Crippen LogP contribution in [0.3, 0.4) is 0 Å². The first-order valence-corrected chi connectivity index (χ1v) is 9.99. The van der Waals surface area contributed by atoms with Gasteiger partial charge in [0.2, 0.25) is 0 Å². The summed E-state index contributed by atoms with van der Waals surface area (Å²) in [5, 5.41) is 0. The number of carbonyl (C=O) groups is 1. The molecule has 0 saturated carbocycles. The van der Waals surface area contributed by atoms with Crippen molar-refractivity contribution in [1.82, 2.24) is 9.80 Å². The zero-order chi connectivity index (χ0) is 18.5. The van der Waals surface area contributed by atoms with Gasteiger partial charge in [0.25, 0.3) is 5.91 Å². The van der Waals surface area contributed by atoms with Crippen molar-refractivity contribution in [3.05, 3.63) is 71.0 Å². The topological polar surface area (TPSA) is 23.6 Å². The molecule has 0 aliphatic carbocycles. The normalized spacial score (nSPS) is 31.8. The van der Waals surface area contributed by atoms with Crippen molar-refractivity contribution in [2.75, 3.05) is 19.6 Å². The molecule has 3 nitrogen and oxygen atoms in total. The van der Waals surface area contributed by atoms with Crippen LogP contribution in [0.5, 0.6) is 0 Å². The van der Waals surface area contributed by atoms with E-state index in [-0.39, 0.29) is 17.8 Å². The van der Waals surface area contributed by atoms with Gasteiger partial charge in [-0.25, -0.2) is 4.39 Å². The molecule has 0 radical (unpaired) electrons. The third kappa shape index (κ3) is 2.69. The fourth-order valence-corrected chi connectivity index (χ4v) is 5.63. The van der Waals surface area contributed by atoms with Gasteiger partial charge in [-0.3, -0.25) is 9.69 Å². The largest absolute Gasteiger partial charge is 0.333 e. The Kier molecular flexibility index (Phi) is 4.05. The zero-order valence-electron chi connectivity index (χ0n) is 15.6. The Labute approximate surface area is 159 Å². The van der Waals surface area contributed by atoms with Crippen LogP contribution in [-0.2, 0) is 0 Å². The minimum absolute atomic E-state index is 0.00539. The second kappa shape index (κ2) is 6.45. The molecular formula is C23H25FN2O. The molecule has 1 amide bonds. The lowest BCUT2D eigenvalue weighted by Gasteiger charge is -2.51. The van der Waals surface area contributed by atoms with Crippen LogP contribution in [0.2, 0.25) is 0 Å². The third-order valence-electron chi connectivity index (χ3n) is 6.91. The van der Waals surface area contributed by atoms with Crippen LogP contribution in [0.1, 0.15) is 40.2 Å². The molecule has 140 valence electrons. The van der Waals surface area contributed by atoms with Crippen LogP contribution in [0.15, 0.2) is 48.5 Å². The highest BCUT2D eigenvalue weighted by Crippen LogP contribution is 2.47. The highest BCUT2D eigenvalue weighted by Gasteiger charge is 2.54. The van der Waals surface area contributed by atoms with E-state index in [4.69, 9.17) is 0 Å². The molecule has 2 aromatic rings. The SMILES string of the molecule is Cc1ccc(F)cc1C(=O)N1C[C@H](c2ccccc2)[C@@H]2[C@H]1C1CCN2CC1. The van der Waals surface area contributed by atoms with Gasteiger partial charge in [0.15, 0.2) is 0 Å². The summed E-state index contributed by atoms with van der Waals surface area (Å²) in [6, 6.07) is 15.8. The Balaban J connectivity index is 1.54. The van der Waals surface area contributed by atoms with E-state index >= 15 is 0 Å².